The van der Waals surface area contributed by atoms with Crippen molar-refractivity contribution in [1.29, 1.82) is 0 Å². The second-order valence-corrected chi connectivity index (χ2v) is 11.2. The second-order valence-electron chi connectivity index (χ2n) is 6.14. The number of ketones is 1. The molecule has 3 rings (SSSR count). The minimum absolute atomic E-state index is 0.0277. The summed E-state index contributed by atoms with van der Waals surface area (Å²) >= 11 is 1.03. The molecule has 0 aliphatic carbocycles. The molecule has 0 unspecified atom stereocenters. The molecule has 0 amide bonds. The van der Waals surface area contributed by atoms with Gasteiger partial charge in [-0.15, -0.1) is 11.3 Å². The van der Waals surface area contributed by atoms with Gasteiger partial charge in [-0.3, -0.25) is 4.79 Å². The summed E-state index contributed by atoms with van der Waals surface area (Å²) in [6.45, 7) is 2.71. The molecule has 1 saturated heterocycles. The first-order valence-corrected chi connectivity index (χ1v) is 12.2. The predicted molar refractivity (Wildman–Crippen MR) is 104 cm³/mol. The minimum atomic E-state index is -3.78. The van der Waals surface area contributed by atoms with E-state index < -0.39 is 20.0 Å². The first-order chi connectivity index (χ1) is 13.2. The van der Waals surface area contributed by atoms with E-state index in [1.165, 1.54) is 41.6 Å². The van der Waals surface area contributed by atoms with Crippen LogP contribution in [0.15, 0.2) is 45.5 Å². The van der Waals surface area contributed by atoms with Crippen molar-refractivity contribution in [3.8, 4) is 0 Å². The first-order valence-electron chi connectivity index (χ1n) is 8.47. The van der Waals surface area contributed by atoms with Gasteiger partial charge in [0, 0.05) is 30.1 Å². The number of ether oxygens (including phenoxy) is 1. The monoisotopic (exact) mass is 444 g/mol. The van der Waals surface area contributed by atoms with E-state index in [-0.39, 0.29) is 21.4 Å². The summed E-state index contributed by atoms with van der Waals surface area (Å²) < 4.78 is 59.2. The van der Waals surface area contributed by atoms with Crippen molar-refractivity contribution in [2.75, 3.05) is 26.3 Å². The highest BCUT2D eigenvalue weighted by atomic mass is 32.2. The van der Waals surface area contributed by atoms with Crippen LogP contribution in [-0.4, -0.2) is 53.2 Å². The average molecular weight is 445 g/mol. The Bertz CT molecular complexity index is 1050. The quantitative estimate of drug-likeness (QED) is 0.648. The van der Waals surface area contributed by atoms with Crippen molar-refractivity contribution >= 4 is 37.2 Å². The lowest BCUT2D eigenvalue weighted by molar-refractivity contribution is 0.0731. The van der Waals surface area contributed by atoms with E-state index in [0.717, 1.165) is 11.3 Å². The van der Waals surface area contributed by atoms with Crippen molar-refractivity contribution in [1.82, 2.24) is 9.03 Å². The molecule has 1 aliphatic rings. The number of morpholine rings is 1. The van der Waals surface area contributed by atoms with Crippen LogP contribution < -0.4 is 4.72 Å². The number of nitrogens with zero attached hydrogens (tertiary/aromatic N) is 1. The molecule has 8 nitrogen and oxygen atoms in total. The van der Waals surface area contributed by atoms with Crippen LogP contribution in [0.5, 0.6) is 0 Å². The third kappa shape index (κ3) is 4.67. The summed E-state index contributed by atoms with van der Waals surface area (Å²) in [5.74, 6) is -0.149. The predicted octanol–water partition coefficient (Wildman–Crippen LogP) is 1.45. The number of Topliss-reactive ketones (excluding diaryl/α,β-unsaturated/α-hetero) is 1. The van der Waals surface area contributed by atoms with Gasteiger partial charge in [0.05, 0.1) is 18.1 Å². The van der Waals surface area contributed by atoms with Gasteiger partial charge in [0.25, 0.3) is 10.0 Å². The van der Waals surface area contributed by atoms with Crippen LogP contribution in [0, 0.1) is 0 Å². The first kappa shape index (κ1) is 21.1. The maximum atomic E-state index is 12.6. The molecule has 11 heteroatoms. The molecule has 0 saturated carbocycles. The van der Waals surface area contributed by atoms with Gasteiger partial charge in [0.15, 0.2) is 5.78 Å². The van der Waals surface area contributed by atoms with Gasteiger partial charge >= 0.3 is 0 Å². The van der Waals surface area contributed by atoms with E-state index in [4.69, 9.17) is 4.74 Å². The molecule has 0 bridgehead atoms. The smallest absolute Gasteiger partial charge is 0.252 e. The van der Waals surface area contributed by atoms with E-state index in [0.29, 0.717) is 36.7 Å². The lowest BCUT2D eigenvalue weighted by atomic mass is 10.2. The van der Waals surface area contributed by atoms with Crippen LogP contribution in [0.1, 0.15) is 22.2 Å². The fraction of sp³-hybridized carbons (Fsp3) is 0.353. The zero-order chi connectivity index (χ0) is 20.4. The minimum Gasteiger partial charge on any atom is -0.379 e. The normalized spacial score (nSPS) is 16.2. The van der Waals surface area contributed by atoms with Gasteiger partial charge in [-0.2, -0.15) is 4.31 Å². The Morgan fingerprint density at radius 1 is 1.07 bits per heavy atom. The summed E-state index contributed by atoms with van der Waals surface area (Å²) in [6, 6.07) is 8.72. The van der Waals surface area contributed by atoms with E-state index in [2.05, 4.69) is 4.72 Å². The Hall–Kier alpha value is -1.63. The van der Waals surface area contributed by atoms with Crippen molar-refractivity contribution < 1.29 is 26.4 Å². The SMILES string of the molecule is CC(=O)c1ccc(S(=O)(=O)NCc2ccc(S(=O)(=O)N3CCOCC3)s2)cc1. The number of thiophene rings is 1. The molecule has 1 aliphatic heterocycles. The van der Waals surface area contributed by atoms with Crippen LogP contribution in [0.25, 0.3) is 0 Å². The van der Waals surface area contributed by atoms with Crippen molar-refractivity contribution in [2.45, 2.75) is 22.6 Å². The molecule has 2 aromatic rings. The molecule has 0 radical (unpaired) electrons. The van der Waals surface area contributed by atoms with Crippen molar-refractivity contribution in [2.24, 2.45) is 0 Å². The fourth-order valence-electron chi connectivity index (χ4n) is 2.62. The third-order valence-electron chi connectivity index (χ3n) is 4.21. The number of rotatable bonds is 7. The Labute approximate surface area is 168 Å². The standard InChI is InChI=1S/C17H20N2O6S3/c1-13(20)14-2-5-16(6-3-14)27(21,22)18-12-15-4-7-17(26-15)28(23,24)19-8-10-25-11-9-19/h2-7,18H,8-12H2,1H3. The topological polar surface area (TPSA) is 110 Å². The molecule has 1 fully saturated rings. The molecular weight excluding hydrogens is 424 g/mol. The highest BCUT2D eigenvalue weighted by Gasteiger charge is 2.27. The molecule has 1 N–H and O–H groups in total. The fourth-order valence-corrected chi connectivity index (χ4v) is 6.58. The molecule has 0 atom stereocenters. The van der Waals surface area contributed by atoms with E-state index in [1.807, 2.05) is 0 Å². The summed E-state index contributed by atoms with van der Waals surface area (Å²) in [5, 5.41) is 0. The van der Waals surface area contributed by atoms with Gasteiger partial charge in [0.2, 0.25) is 10.0 Å². The number of benzene rings is 1. The summed E-state index contributed by atoms with van der Waals surface area (Å²) in [5.41, 5.74) is 0.426. The van der Waals surface area contributed by atoms with Crippen LogP contribution in [-0.2, 0) is 31.3 Å². The summed E-state index contributed by atoms with van der Waals surface area (Å²) in [7, 11) is -7.38. The largest absolute Gasteiger partial charge is 0.379 e. The number of sulfonamides is 2. The van der Waals surface area contributed by atoms with Gasteiger partial charge in [-0.1, -0.05) is 12.1 Å². The van der Waals surface area contributed by atoms with Gasteiger partial charge in [0.1, 0.15) is 4.21 Å². The number of carbonyl (C=O) groups excluding carboxylic acids is 1. The lowest BCUT2D eigenvalue weighted by Crippen LogP contribution is -2.40. The van der Waals surface area contributed by atoms with Crippen LogP contribution in [0.2, 0.25) is 0 Å². The van der Waals surface area contributed by atoms with Gasteiger partial charge in [-0.05, 0) is 31.2 Å². The molecule has 152 valence electrons. The van der Waals surface area contributed by atoms with E-state index in [1.54, 1.807) is 6.07 Å². The molecule has 1 aromatic heterocycles. The van der Waals surface area contributed by atoms with Crippen LogP contribution in [0.3, 0.4) is 0 Å². The zero-order valence-corrected chi connectivity index (χ0v) is 17.6. The third-order valence-corrected chi connectivity index (χ3v) is 9.08. The van der Waals surface area contributed by atoms with E-state index in [9.17, 15) is 21.6 Å². The average Bonchev–Trinajstić information content (AvgIpc) is 3.17. The Balaban J connectivity index is 1.68. The highest BCUT2D eigenvalue weighted by molar-refractivity contribution is 7.91. The molecule has 1 aromatic carbocycles. The van der Waals surface area contributed by atoms with Gasteiger partial charge < -0.3 is 4.74 Å². The lowest BCUT2D eigenvalue weighted by Gasteiger charge is -2.25. The summed E-state index contributed by atoms with van der Waals surface area (Å²) in [6.07, 6.45) is 0. The Morgan fingerprint density at radius 2 is 1.71 bits per heavy atom. The van der Waals surface area contributed by atoms with Gasteiger partial charge in [-0.25, -0.2) is 21.6 Å². The van der Waals surface area contributed by atoms with Crippen molar-refractivity contribution in [3.63, 3.8) is 0 Å². The van der Waals surface area contributed by atoms with Crippen LogP contribution in [0.4, 0.5) is 0 Å². The second kappa shape index (κ2) is 8.39. The zero-order valence-electron chi connectivity index (χ0n) is 15.1. The molecule has 28 heavy (non-hydrogen) atoms. The van der Waals surface area contributed by atoms with Crippen molar-refractivity contribution in [3.05, 3.63) is 46.8 Å². The highest BCUT2D eigenvalue weighted by Crippen LogP contribution is 2.26. The molecule has 0 spiro atoms. The maximum absolute atomic E-state index is 12.6. The Kier molecular flexibility index (Phi) is 6.32. The number of hydrogen-bond acceptors (Lipinski definition) is 7. The molecule has 2 heterocycles. The summed E-state index contributed by atoms with van der Waals surface area (Å²) in [4.78, 5) is 11.9. The number of nitrogens with one attached hydrogen (secondary N) is 1. The van der Waals surface area contributed by atoms with E-state index >= 15 is 0 Å². The number of hydrogen-bond donors (Lipinski definition) is 1. The number of carbonyl (C=O) groups is 1. The molecular formula is C17H20N2O6S3. The van der Waals surface area contributed by atoms with Crippen LogP contribution >= 0.6 is 11.3 Å². The Morgan fingerprint density at radius 3 is 2.32 bits per heavy atom. The maximum Gasteiger partial charge on any atom is 0.252 e.